The summed E-state index contributed by atoms with van der Waals surface area (Å²) in [6.07, 6.45) is -81.3. The Bertz CT molecular complexity index is 2920. The van der Waals surface area contributed by atoms with Gasteiger partial charge in [0.25, 0.3) is 0 Å². The van der Waals surface area contributed by atoms with Gasteiger partial charge in [0.15, 0.2) is 56.6 Å². The Labute approximate surface area is 619 Å². The molecule has 0 saturated carbocycles. The first kappa shape index (κ1) is 89.3. The van der Waals surface area contributed by atoms with E-state index in [1.807, 2.05) is 0 Å². The number of hydrogen-bond acceptors (Lipinski definition) is 43. The second-order valence-corrected chi connectivity index (χ2v) is 28.1. The third-order valence-corrected chi connectivity index (χ3v) is 20.2. The standard InChI is InChI=1S/C62H104N4O43/c1-14-31(76)40(85)44(89)58(94-14)106-50-30(66-20(7)75)57(102-25(12-71)48(50)104-61-52(43(88)35(80)22(9-68)99-61)108-59-45(90)41(86)32(77)15(2)95-59)107-51-36(81)23(10-69)100-62(53(51)109-60-46(91)42(87)33(78)16(3)96-60)103-47-24(11-70)101-55(28(39(47)84)64-18(5)73)93-13-26-37(82)49(29(54(92)97-26)65-19(6)74)105-56-27(63-17(4)72)38(83)34(79)21(8-67)98-56/h14-16,21-62,67-71,76-92H,8-13H2,1-7H3,(H,63,72)(H,64,73)(H,65,74)(H,66,75)/t14-,15-,16-,21+,22+,23+,24+,25+,26+,27+,28+,29+,30+,31+,32+,33+,34+,35-,36-,37-,38+,39+,40+,41+,42+,43-,44-,45-,46-,47+,48+,49+,50+,51-,52+,53+,54?,55+,56-,57-,58-,59-,60-,61-,62-/m0/s1. The van der Waals surface area contributed by atoms with Crippen molar-refractivity contribution in [3.05, 3.63) is 0 Å². The van der Waals surface area contributed by atoms with Gasteiger partial charge in [0, 0.05) is 27.7 Å². The lowest BCUT2D eigenvalue weighted by molar-refractivity contribution is -0.410. The molecule has 4 amide bonds. The molecule has 0 spiro atoms. The lowest BCUT2D eigenvalue weighted by atomic mass is 9.93. The summed E-state index contributed by atoms with van der Waals surface area (Å²) >= 11 is 0. The monoisotopic (exact) mass is 1590 g/mol. The van der Waals surface area contributed by atoms with Crippen LogP contribution in [-0.2, 0) is 99.7 Å². The van der Waals surface area contributed by atoms with E-state index in [9.17, 15) is 132 Å². The predicted molar refractivity (Wildman–Crippen MR) is 339 cm³/mol. The molecule has 9 rings (SSSR count). The SMILES string of the molecule is CC(=O)N[C@H]1[C@H](OC[C@H]2OC(O)[C@H](NC(C)=O)[C@@H](O[C@@H]3O[C@H](CO)[C@@H](O)[C@H](O)[C@H]3NC(C)=O)[C@H]2O)O[C@H](CO)[C@@H](O[C@@H]2O[C@H](CO)[C@H](O)[C@H](O[C@@H]3O[C@H](CO)[C@@H](O[C@@H]4O[C@H](CO)[C@H](O)[C@H](O)[C@H]4O[C@@H]4O[C@@H](C)[C@@H](O)[C@@H](O)[C@@H]4O)[C@H](O[C@@H]4O[C@@H](C)[C@@H](O)[C@@H](O)[C@@H]4O)[C@H]3NC(C)=O)[C@H]2O[C@@H]2O[C@@H](C)[C@@H](O)[C@@H](O)[C@@H]2O)[C@@H]1O. The summed E-state index contributed by atoms with van der Waals surface area (Å²) in [5.74, 6) is -3.52. The number of aliphatic hydroxyl groups is 22. The zero-order valence-corrected chi connectivity index (χ0v) is 59.6. The molecule has 9 saturated heterocycles. The van der Waals surface area contributed by atoms with Gasteiger partial charge >= 0.3 is 0 Å². The van der Waals surface area contributed by atoms with Gasteiger partial charge in [-0.15, -0.1) is 0 Å². The lowest BCUT2D eigenvalue weighted by Crippen LogP contribution is -2.72. The smallest absolute Gasteiger partial charge is 0.217 e. The van der Waals surface area contributed by atoms with Crippen LogP contribution < -0.4 is 21.3 Å². The fraction of sp³-hybridized carbons (Fsp3) is 0.935. The quantitative estimate of drug-likeness (QED) is 0.0382. The first-order valence-corrected chi connectivity index (χ1v) is 35.2. The summed E-state index contributed by atoms with van der Waals surface area (Å²) in [7, 11) is 0. The molecular formula is C62H104N4O43. The highest BCUT2D eigenvalue weighted by molar-refractivity contribution is 5.74. The van der Waals surface area contributed by atoms with E-state index in [4.69, 9.17) is 80.5 Å². The van der Waals surface area contributed by atoms with Crippen molar-refractivity contribution in [1.82, 2.24) is 21.3 Å². The fourth-order valence-corrected chi connectivity index (χ4v) is 14.3. The molecule has 0 bridgehead atoms. The van der Waals surface area contributed by atoms with Crippen molar-refractivity contribution < 1.29 is 212 Å². The molecule has 9 aliphatic rings. The minimum Gasteiger partial charge on any atom is -0.394 e. The molecule has 109 heavy (non-hydrogen) atoms. The highest BCUT2D eigenvalue weighted by Crippen LogP contribution is 2.41. The second-order valence-electron chi connectivity index (χ2n) is 28.1. The maximum Gasteiger partial charge on any atom is 0.217 e. The van der Waals surface area contributed by atoms with E-state index in [1.54, 1.807) is 0 Å². The van der Waals surface area contributed by atoms with Crippen LogP contribution in [0.15, 0.2) is 0 Å². The minimum absolute atomic E-state index is 0.778. The van der Waals surface area contributed by atoms with Gasteiger partial charge in [-0.05, 0) is 20.8 Å². The molecule has 47 heteroatoms. The first-order valence-electron chi connectivity index (χ1n) is 35.2. The van der Waals surface area contributed by atoms with Crippen molar-refractivity contribution in [2.45, 2.75) is 325 Å². The summed E-state index contributed by atoms with van der Waals surface area (Å²) in [5, 5.41) is 255. The molecule has 0 aromatic carbocycles. The number of ether oxygens (including phenoxy) is 17. The number of carbonyl (C=O) groups is 4. The average Bonchev–Trinajstić information content (AvgIpc) is 0.758. The maximum atomic E-state index is 13.7. The molecule has 0 radical (unpaired) electrons. The summed E-state index contributed by atoms with van der Waals surface area (Å²) in [6, 6.07) is -7.26. The summed E-state index contributed by atoms with van der Waals surface area (Å²) in [5.41, 5.74) is 0. The van der Waals surface area contributed by atoms with Gasteiger partial charge in [-0.1, -0.05) is 0 Å². The Kier molecular flexibility index (Phi) is 31.4. The van der Waals surface area contributed by atoms with E-state index in [2.05, 4.69) is 21.3 Å². The Hall–Kier alpha value is -3.68. The fourth-order valence-electron chi connectivity index (χ4n) is 14.3. The van der Waals surface area contributed by atoms with Crippen LogP contribution >= 0.6 is 0 Å². The average molecular weight is 1590 g/mol. The van der Waals surface area contributed by atoms with Gasteiger partial charge in [-0.25, -0.2) is 0 Å². The molecule has 9 aliphatic heterocycles. The molecule has 47 nitrogen and oxygen atoms in total. The third-order valence-electron chi connectivity index (χ3n) is 20.2. The normalized spacial score (nSPS) is 49.9. The first-order chi connectivity index (χ1) is 51.4. The minimum atomic E-state index is -2.33. The Balaban J connectivity index is 1.05. The van der Waals surface area contributed by atoms with Crippen molar-refractivity contribution in [3.63, 3.8) is 0 Å². The molecule has 0 aromatic heterocycles. The van der Waals surface area contributed by atoms with Gasteiger partial charge < -0.3 is 214 Å². The number of hydrogen-bond donors (Lipinski definition) is 26. The van der Waals surface area contributed by atoms with Gasteiger partial charge in [0.05, 0.1) is 58.0 Å². The highest BCUT2D eigenvalue weighted by Gasteiger charge is 2.62. The van der Waals surface area contributed by atoms with Crippen LogP contribution in [0, 0.1) is 0 Å². The van der Waals surface area contributed by atoms with Crippen LogP contribution in [0.2, 0.25) is 0 Å². The highest BCUT2D eigenvalue weighted by atomic mass is 16.8. The van der Waals surface area contributed by atoms with Gasteiger partial charge in [-0.3, -0.25) is 19.2 Å². The summed E-state index contributed by atoms with van der Waals surface area (Å²) in [4.78, 5) is 51.6. The molecule has 0 aromatic rings. The Morgan fingerprint density at radius 3 is 1.06 bits per heavy atom. The molecule has 9 fully saturated rings. The largest absolute Gasteiger partial charge is 0.394 e. The summed E-state index contributed by atoms with van der Waals surface area (Å²) in [6.45, 7) is 1.18. The predicted octanol–water partition coefficient (Wildman–Crippen LogP) is -17.0. The van der Waals surface area contributed by atoms with Crippen molar-refractivity contribution >= 4 is 23.6 Å². The lowest BCUT2D eigenvalue weighted by Gasteiger charge is -2.53. The van der Waals surface area contributed by atoms with Crippen LogP contribution in [0.5, 0.6) is 0 Å². The molecule has 0 aliphatic carbocycles. The number of amides is 4. The van der Waals surface area contributed by atoms with Crippen molar-refractivity contribution in [1.29, 1.82) is 0 Å². The Morgan fingerprint density at radius 1 is 0.257 bits per heavy atom. The second kappa shape index (κ2) is 38.4. The van der Waals surface area contributed by atoms with Gasteiger partial charge in [-0.2, -0.15) is 0 Å². The zero-order chi connectivity index (χ0) is 80.4. The molecule has 45 atom stereocenters. The van der Waals surface area contributed by atoms with Crippen LogP contribution in [0.25, 0.3) is 0 Å². The van der Waals surface area contributed by atoms with Crippen molar-refractivity contribution in [2.75, 3.05) is 39.6 Å². The van der Waals surface area contributed by atoms with E-state index in [0.717, 1.165) is 27.7 Å². The number of carbonyl (C=O) groups excluding carboxylic acids is 4. The summed E-state index contributed by atoms with van der Waals surface area (Å²) < 4.78 is 103. The molecule has 1 unspecified atom stereocenters. The molecule has 630 valence electrons. The van der Waals surface area contributed by atoms with E-state index < -0.39 is 339 Å². The van der Waals surface area contributed by atoms with Crippen LogP contribution in [-0.4, -0.2) is 452 Å². The topological polar surface area (TPSA) is 718 Å². The van der Waals surface area contributed by atoms with Crippen LogP contribution in [0.1, 0.15) is 48.5 Å². The molecule has 9 heterocycles. The molecule has 26 N–H and O–H groups in total. The van der Waals surface area contributed by atoms with Gasteiger partial charge in [0.1, 0.15) is 201 Å². The number of rotatable bonds is 26. The van der Waals surface area contributed by atoms with Gasteiger partial charge in [0.2, 0.25) is 23.6 Å². The maximum absolute atomic E-state index is 13.7. The molecular weight excluding hydrogens is 1490 g/mol. The zero-order valence-electron chi connectivity index (χ0n) is 59.6. The van der Waals surface area contributed by atoms with Crippen LogP contribution in [0.4, 0.5) is 0 Å². The number of nitrogens with one attached hydrogen (secondary N) is 4. The van der Waals surface area contributed by atoms with E-state index in [-0.39, 0.29) is 0 Å². The Morgan fingerprint density at radius 2 is 0.587 bits per heavy atom. The van der Waals surface area contributed by atoms with Crippen molar-refractivity contribution in [2.24, 2.45) is 0 Å². The van der Waals surface area contributed by atoms with E-state index in [1.165, 1.54) is 20.8 Å². The van der Waals surface area contributed by atoms with E-state index in [0.29, 0.717) is 0 Å². The van der Waals surface area contributed by atoms with E-state index >= 15 is 0 Å². The number of aliphatic hydroxyl groups excluding tert-OH is 22. The van der Waals surface area contributed by atoms with Crippen molar-refractivity contribution in [3.8, 4) is 0 Å². The third kappa shape index (κ3) is 19.7. The van der Waals surface area contributed by atoms with Crippen LogP contribution in [0.3, 0.4) is 0 Å².